The predicted octanol–water partition coefficient (Wildman–Crippen LogP) is 3.87. The molecule has 2 atom stereocenters. The largest absolute Gasteiger partial charge is 0.299 e. The summed E-state index contributed by atoms with van der Waals surface area (Å²) < 4.78 is 0.817. The van der Waals surface area contributed by atoms with Crippen LogP contribution in [0.1, 0.15) is 37.5 Å². The molecule has 0 bridgehead atoms. The third-order valence-electron chi connectivity index (χ3n) is 3.47. The molecule has 0 radical (unpaired) electrons. The summed E-state index contributed by atoms with van der Waals surface area (Å²) in [5, 5.41) is 0. The molecule has 0 amide bonds. The van der Waals surface area contributed by atoms with E-state index in [-0.39, 0.29) is 5.41 Å². The van der Waals surface area contributed by atoms with Gasteiger partial charge in [-0.2, -0.15) is 0 Å². The van der Waals surface area contributed by atoms with E-state index in [1.54, 1.807) is 11.3 Å². The van der Waals surface area contributed by atoms with E-state index in [1.807, 2.05) is 6.07 Å². The van der Waals surface area contributed by atoms with Crippen LogP contribution >= 0.6 is 22.9 Å². The second kappa shape index (κ2) is 3.35. The van der Waals surface area contributed by atoms with E-state index >= 15 is 0 Å². The molecule has 2 rings (SSSR count). The van der Waals surface area contributed by atoms with Gasteiger partial charge in [0.1, 0.15) is 5.78 Å². The molecule has 1 nitrogen and oxygen atoms in total. The van der Waals surface area contributed by atoms with Crippen molar-refractivity contribution in [3.63, 3.8) is 0 Å². The van der Waals surface area contributed by atoms with E-state index in [4.69, 9.17) is 11.6 Å². The van der Waals surface area contributed by atoms with Crippen LogP contribution in [0, 0.1) is 5.41 Å². The minimum Gasteiger partial charge on any atom is -0.299 e. The van der Waals surface area contributed by atoms with Gasteiger partial charge in [0.25, 0.3) is 0 Å². The molecular formula is C11H13ClOS. The maximum atomic E-state index is 11.5. The third kappa shape index (κ3) is 1.32. The van der Waals surface area contributed by atoms with Crippen LogP contribution in [-0.4, -0.2) is 5.78 Å². The lowest BCUT2D eigenvalue weighted by atomic mass is 9.58. The Morgan fingerprint density at radius 2 is 2.36 bits per heavy atom. The Morgan fingerprint density at radius 1 is 1.64 bits per heavy atom. The summed E-state index contributed by atoms with van der Waals surface area (Å²) in [6.45, 7) is 4.15. The molecular weight excluding hydrogens is 216 g/mol. The zero-order chi connectivity index (χ0) is 10.3. The molecule has 1 aliphatic rings. The van der Waals surface area contributed by atoms with Gasteiger partial charge in [-0.3, -0.25) is 4.79 Å². The number of carbonyl (C=O) groups is 1. The first-order chi connectivity index (χ1) is 6.58. The fourth-order valence-electron chi connectivity index (χ4n) is 2.08. The lowest BCUT2D eigenvalue weighted by Gasteiger charge is -2.44. The molecule has 2 unspecified atom stereocenters. The molecule has 0 aromatic carbocycles. The van der Waals surface area contributed by atoms with Gasteiger partial charge in [0, 0.05) is 22.6 Å². The van der Waals surface area contributed by atoms with Gasteiger partial charge < -0.3 is 0 Å². The zero-order valence-corrected chi connectivity index (χ0v) is 9.91. The van der Waals surface area contributed by atoms with Crippen molar-refractivity contribution in [3.8, 4) is 0 Å². The quantitative estimate of drug-likeness (QED) is 0.751. The van der Waals surface area contributed by atoms with E-state index in [2.05, 4.69) is 19.9 Å². The Labute approximate surface area is 93.1 Å². The van der Waals surface area contributed by atoms with Gasteiger partial charge in [0.2, 0.25) is 0 Å². The second-order valence-electron chi connectivity index (χ2n) is 4.09. The summed E-state index contributed by atoms with van der Waals surface area (Å²) in [4.78, 5) is 12.8. The van der Waals surface area contributed by atoms with Crippen molar-refractivity contribution in [3.05, 3.63) is 21.3 Å². The number of carbonyl (C=O) groups excluding carboxylic acids is 1. The van der Waals surface area contributed by atoms with Crippen molar-refractivity contribution < 1.29 is 4.79 Å². The van der Waals surface area contributed by atoms with Crippen LogP contribution in [0.25, 0.3) is 0 Å². The molecule has 0 saturated heterocycles. The Hall–Kier alpha value is -0.340. The van der Waals surface area contributed by atoms with Crippen molar-refractivity contribution in [1.29, 1.82) is 0 Å². The van der Waals surface area contributed by atoms with E-state index in [9.17, 15) is 4.79 Å². The Balaban J connectivity index is 2.26. The third-order valence-corrected chi connectivity index (χ3v) is 4.81. The molecule has 1 saturated carbocycles. The minimum atomic E-state index is -0.131. The first-order valence-corrected chi connectivity index (χ1v) is 6.06. The van der Waals surface area contributed by atoms with Gasteiger partial charge in [-0.05, 0) is 18.6 Å². The fraction of sp³-hybridized carbons (Fsp3) is 0.545. The van der Waals surface area contributed by atoms with Gasteiger partial charge in [-0.25, -0.2) is 0 Å². The average molecular weight is 229 g/mol. The summed E-state index contributed by atoms with van der Waals surface area (Å²) in [7, 11) is 0. The van der Waals surface area contributed by atoms with E-state index in [0.717, 1.165) is 10.8 Å². The number of ketones is 1. The molecule has 1 heterocycles. The number of hydrogen-bond acceptors (Lipinski definition) is 2. The number of hydrogen-bond donors (Lipinski definition) is 0. The first-order valence-electron chi connectivity index (χ1n) is 4.86. The summed E-state index contributed by atoms with van der Waals surface area (Å²) in [5.41, 5.74) is -0.131. The number of rotatable bonds is 2. The van der Waals surface area contributed by atoms with Gasteiger partial charge in [-0.15, -0.1) is 11.3 Å². The van der Waals surface area contributed by atoms with Crippen LogP contribution in [0.4, 0.5) is 0 Å². The van der Waals surface area contributed by atoms with Gasteiger partial charge in [0.05, 0.1) is 4.34 Å². The second-order valence-corrected chi connectivity index (χ2v) is 5.84. The molecule has 1 aromatic rings. The summed E-state index contributed by atoms with van der Waals surface area (Å²) in [6, 6.07) is 3.97. The summed E-state index contributed by atoms with van der Waals surface area (Å²) in [6.07, 6.45) is 1.62. The smallest absolute Gasteiger partial charge is 0.140 e. The van der Waals surface area contributed by atoms with Crippen molar-refractivity contribution in [2.24, 2.45) is 5.41 Å². The lowest BCUT2D eigenvalue weighted by Crippen LogP contribution is -2.45. The average Bonchev–Trinajstić information content (AvgIpc) is 2.59. The van der Waals surface area contributed by atoms with Crippen molar-refractivity contribution in [2.75, 3.05) is 0 Å². The number of halogens is 1. The van der Waals surface area contributed by atoms with Crippen LogP contribution in [0.2, 0.25) is 4.34 Å². The fourth-order valence-corrected chi connectivity index (χ4v) is 3.39. The Kier molecular flexibility index (Phi) is 2.44. The van der Waals surface area contributed by atoms with Crippen molar-refractivity contribution in [1.82, 2.24) is 0 Å². The minimum absolute atomic E-state index is 0.131. The van der Waals surface area contributed by atoms with Crippen LogP contribution in [0.5, 0.6) is 0 Å². The number of Topliss-reactive ketones (excluding diaryl/α,β-unsaturated/α-hetero) is 1. The molecule has 14 heavy (non-hydrogen) atoms. The standard InChI is InChI=1S/C11H13ClOS/c1-3-11(2)7(6-9(11)13)8-4-5-10(12)14-8/h4-5,7H,3,6H2,1-2H3. The SMILES string of the molecule is CCC1(C)C(=O)CC1c1ccc(Cl)s1. The van der Waals surface area contributed by atoms with Crippen LogP contribution in [-0.2, 0) is 4.79 Å². The highest BCUT2D eigenvalue weighted by atomic mass is 35.5. The van der Waals surface area contributed by atoms with E-state index in [0.29, 0.717) is 18.1 Å². The normalized spacial score (nSPS) is 31.6. The maximum Gasteiger partial charge on any atom is 0.140 e. The summed E-state index contributed by atoms with van der Waals surface area (Å²) in [5.74, 6) is 0.798. The van der Waals surface area contributed by atoms with Crippen LogP contribution < -0.4 is 0 Å². The first kappa shape index (κ1) is 10.2. The Bertz CT molecular complexity index is 371. The van der Waals surface area contributed by atoms with Gasteiger partial charge >= 0.3 is 0 Å². The van der Waals surface area contributed by atoms with Crippen molar-refractivity contribution >= 4 is 28.7 Å². The zero-order valence-electron chi connectivity index (χ0n) is 8.34. The number of thiophene rings is 1. The van der Waals surface area contributed by atoms with Crippen LogP contribution in [0.3, 0.4) is 0 Å². The van der Waals surface area contributed by atoms with Gasteiger partial charge in [-0.1, -0.05) is 25.4 Å². The molecule has 0 aliphatic heterocycles. The van der Waals surface area contributed by atoms with E-state index in [1.165, 1.54) is 4.88 Å². The van der Waals surface area contributed by atoms with Crippen LogP contribution in [0.15, 0.2) is 12.1 Å². The highest BCUT2D eigenvalue weighted by Gasteiger charge is 2.50. The van der Waals surface area contributed by atoms with E-state index < -0.39 is 0 Å². The predicted molar refractivity (Wildman–Crippen MR) is 60.1 cm³/mol. The molecule has 76 valence electrons. The summed E-state index contributed by atoms with van der Waals surface area (Å²) >= 11 is 7.50. The van der Waals surface area contributed by atoms with Gasteiger partial charge in [0.15, 0.2) is 0 Å². The highest BCUT2D eigenvalue weighted by molar-refractivity contribution is 7.16. The van der Waals surface area contributed by atoms with Crippen molar-refractivity contribution in [2.45, 2.75) is 32.6 Å². The monoisotopic (exact) mass is 228 g/mol. The molecule has 1 fully saturated rings. The molecule has 1 aliphatic carbocycles. The lowest BCUT2D eigenvalue weighted by molar-refractivity contribution is -0.139. The topological polar surface area (TPSA) is 17.1 Å². The Morgan fingerprint density at radius 3 is 2.79 bits per heavy atom. The molecule has 1 aromatic heterocycles. The molecule has 0 N–H and O–H groups in total. The maximum absolute atomic E-state index is 11.5. The highest BCUT2D eigenvalue weighted by Crippen LogP contribution is 2.53. The molecule has 0 spiro atoms. The molecule has 3 heteroatoms.